The fourth-order valence-electron chi connectivity index (χ4n) is 3.75. The van der Waals surface area contributed by atoms with Gasteiger partial charge in [0.2, 0.25) is 5.56 Å². The Balaban J connectivity index is 0.00000300. The first-order valence-electron chi connectivity index (χ1n) is 10.3. The van der Waals surface area contributed by atoms with Crippen molar-refractivity contribution in [3.63, 3.8) is 0 Å². The molecule has 2 atom stereocenters. The Morgan fingerprint density at radius 1 is 1.31 bits per heavy atom. The molecule has 0 bridgehead atoms. The monoisotopic (exact) mass is 512 g/mol. The summed E-state index contributed by atoms with van der Waals surface area (Å²) in [6.45, 7) is 8.77. The highest BCUT2D eigenvalue weighted by molar-refractivity contribution is 14.0. The molecule has 2 unspecified atom stereocenters. The van der Waals surface area contributed by atoms with E-state index in [4.69, 9.17) is 4.99 Å². The van der Waals surface area contributed by atoms with Crippen LogP contribution in [-0.2, 0) is 6.54 Å². The minimum atomic E-state index is 0. The summed E-state index contributed by atoms with van der Waals surface area (Å²) >= 11 is 0. The van der Waals surface area contributed by atoms with Gasteiger partial charge < -0.3 is 19.4 Å². The molecule has 2 aromatic heterocycles. The van der Waals surface area contributed by atoms with Crippen molar-refractivity contribution in [2.24, 2.45) is 10.9 Å². The number of hydrogen-bond donors (Lipinski definition) is 1. The van der Waals surface area contributed by atoms with Crippen molar-refractivity contribution >= 4 is 29.9 Å². The molecule has 0 aromatic carbocycles. The number of guanidine groups is 1. The summed E-state index contributed by atoms with van der Waals surface area (Å²) in [4.78, 5) is 23.2. The molecule has 0 saturated carbocycles. The van der Waals surface area contributed by atoms with Gasteiger partial charge in [-0.3, -0.25) is 9.79 Å². The first-order valence-corrected chi connectivity index (χ1v) is 10.3. The Kier molecular flexibility index (Phi) is 9.69. The Hall–Kier alpha value is -1.84. The highest BCUT2D eigenvalue weighted by Crippen LogP contribution is 2.27. The normalized spacial score (nSPS) is 19.7. The summed E-state index contributed by atoms with van der Waals surface area (Å²) in [7, 11) is 0. The molecule has 160 valence electrons. The van der Waals surface area contributed by atoms with Gasteiger partial charge in [0.15, 0.2) is 5.96 Å². The summed E-state index contributed by atoms with van der Waals surface area (Å²) < 4.78 is 3.98. The van der Waals surface area contributed by atoms with Crippen LogP contribution in [0.25, 0.3) is 0 Å². The lowest BCUT2D eigenvalue weighted by molar-refractivity contribution is 0.189. The fraction of sp³-hybridized carbons (Fsp3) is 0.571. The number of hydrogen-bond acceptors (Lipinski definition) is 3. The smallest absolute Gasteiger partial charge is 0.250 e. The van der Waals surface area contributed by atoms with Crippen molar-refractivity contribution in [3.05, 3.63) is 53.5 Å². The van der Waals surface area contributed by atoms with E-state index in [-0.39, 0.29) is 29.5 Å². The van der Waals surface area contributed by atoms with Crippen LogP contribution in [0.4, 0.5) is 0 Å². The number of rotatable bonds is 7. The molecule has 3 rings (SSSR count). The zero-order chi connectivity index (χ0) is 19.8. The van der Waals surface area contributed by atoms with Gasteiger partial charge in [-0.05, 0) is 38.2 Å². The van der Waals surface area contributed by atoms with E-state index in [1.807, 2.05) is 24.8 Å². The van der Waals surface area contributed by atoms with Crippen molar-refractivity contribution in [1.82, 2.24) is 24.3 Å². The van der Waals surface area contributed by atoms with Crippen molar-refractivity contribution in [3.8, 4) is 0 Å². The number of likely N-dealkylation sites (tertiary alicyclic amines) is 1. The van der Waals surface area contributed by atoms with E-state index in [1.54, 1.807) is 16.7 Å². The van der Waals surface area contributed by atoms with Gasteiger partial charge in [0.25, 0.3) is 0 Å². The Labute approximate surface area is 190 Å². The number of piperidine rings is 1. The van der Waals surface area contributed by atoms with E-state index in [1.165, 1.54) is 0 Å². The van der Waals surface area contributed by atoms with Crippen molar-refractivity contribution in [2.45, 2.75) is 45.7 Å². The van der Waals surface area contributed by atoms with Crippen LogP contribution in [0.2, 0.25) is 0 Å². The fourth-order valence-corrected chi connectivity index (χ4v) is 3.75. The van der Waals surface area contributed by atoms with Crippen LogP contribution in [-0.4, -0.2) is 51.2 Å². The van der Waals surface area contributed by atoms with Gasteiger partial charge in [0.05, 0.1) is 12.4 Å². The molecular weight excluding hydrogens is 479 g/mol. The molecule has 1 aliphatic rings. The Bertz CT molecular complexity index is 804. The second-order valence-corrected chi connectivity index (χ2v) is 7.46. The zero-order valence-electron chi connectivity index (χ0n) is 17.4. The highest BCUT2D eigenvalue weighted by atomic mass is 127. The number of nitrogens with zero attached hydrogens (tertiary/aromatic N) is 5. The largest absolute Gasteiger partial charge is 0.357 e. The average molecular weight is 512 g/mol. The zero-order valence-corrected chi connectivity index (χ0v) is 19.7. The third kappa shape index (κ3) is 6.58. The summed E-state index contributed by atoms with van der Waals surface area (Å²) in [5.74, 6) is 1.62. The third-order valence-electron chi connectivity index (χ3n) is 5.43. The highest BCUT2D eigenvalue weighted by Gasteiger charge is 2.28. The number of unbranched alkanes of at least 4 members (excludes halogenated alkanes) is 1. The van der Waals surface area contributed by atoms with Crippen LogP contribution in [0.3, 0.4) is 0 Å². The summed E-state index contributed by atoms with van der Waals surface area (Å²) in [6, 6.07) is 5.71. The van der Waals surface area contributed by atoms with Gasteiger partial charge >= 0.3 is 0 Å². The minimum Gasteiger partial charge on any atom is -0.357 e. The SMILES string of the molecule is CCNC(=NCCCCn1ccccc1=O)N1CCC(C)C(n2ccnc2)C1.I. The summed E-state index contributed by atoms with van der Waals surface area (Å²) in [5, 5.41) is 3.45. The Morgan fingerprint density at radius 3 is 2.90 bits per heavy atom. The van der Waals surface area contributed by atoms with Gasteiger partial charge in [0, 0.05) is 57.4 Å². The van der Waals surface area contributed by atoms with Crippen LogP contribution < -0.4 is 10.9 Å². The van der Waals surface area contributed by atoms with Crippen LogP contribution in [0.15, 0.2) is 52.9 Å². The molecule has 2 aromatic rings. The van der Waals surface area contributed by atoms with E-state index in [9.17, 15) is 4.79 Å². The quantitative estimate of drug-likeness (QED) is 0.268. The average Bonchev–Trinajstić information content (AvgIpc) is 3.23. The number of nitrogens with one attached hydrogen (secondary N) is 1. The van der Waals surface area contributed by atoms with E-state index in [0.717, 1.165) is 57.9 Å². The van der Waals surface area contributed by atoms with E-state index in [2.05, 4.69) is 39.8 Å². The molecule has 3 heterocycles. The molecule has 0 aliphatic carbocycles. The topological polar surface area (TPSA) is 67.5 Å². The number of imidazole rings is 1. The van der Waals surface area contributed by atoms with Crippen LogP contribution in [0.5, 0.6) is 0 Å². The van der Waals surface area contributed by atoms with Crippen LogP contribution >= 0.6 is 24.0 Å². The molecule has 1 saturated heterocycles. The lowest BCUT2D eigenvalue weighted by Crippen LogP contribution is -2.49. The first kappa shape index (κ1) is 23.4. The molecule has 0 radical (unpaired) electrons. The van der Waals surface area contributed by atoms with E-state index in [0.29, 0.717) is 12.0 Å². The Morgan fingerprint density at radius 2 is 2.17 bits per heavy atom. The lowest BCUT2D eigenvalue weighted by Gasteiger charge is -2.39. The maximum Gasteiger partial charge on any atom is 0.250 e. The number of pyridine rings is 1. The van der Waals surface area contributed by atoms with Gasteiger partial charge in [0.1, 0.15) is 0 Å². The van der Waals surface area contributed by atoms with Crippen molar-refractivity contribution in [2.75, 3.05) is 26.2 Å². The maximum absolute atomic E-state index is 11.7. The molecule has 1 N–H and O–H groups in total. The van der Waals surface area contributed by atoms with Crippen molar-refractivity contribution in [1.29, 1.82) is 0 Å². The number of aliphatic imine (C=N–C) groups is 1. The predicted molar refractivity (Wildman–Crippen MR) is 128 cm³/mol. The van der Waals surface area contributed by atoms with Gasteiger partial charge in [-0.25, -0.2) is 4.98 Å². The molecule has 0 spiro atoms. The second kappa shape index (κ2) is 12.0. The molecular formula is C21H33IN6O. The predicted octanol–water partition coefficient (Wildman–Crippen LogP) is 2.99. The number of halogens is 1. The summed E-state index contributed by atoms with van der Waals surface area (Å²) in [6.07, 6.45) is 10.7. The van der Waals surface area contributed by atoms with Crippen LogP contribution in [0.1, 0.15) is 39.2 Å². The molecule has 1 fully saturated rings. The van der Waals surface area contributed by atoms with E-state index < -0.39 is 0 Å². The number of aromatic nitrogens is 3. The molecule has 8 heteroatoms. The van der Waals surface area contributed by atoms with Gasteiger partial charge in [-0.1, -0.05) is 13.0 Å². The van der Waals surface area contributed by atoms with Crippen LogP contribution in [0, 0.1) is 5.92 Å². The molecule has 7 nitrogen and oxygen atoms in total. The lowest BCUT2D eigenvalue weighted by atomic mass is 9.93. The second-order valence-electron chi connectivity index (χ2n) is 7.46. The first-order chi connectivity index (χ1) is 13.7. The number of aryl methyl sites for hydroxylation is 1. The molecule has 29 heavy (non-hydrogen) atoms. The standard InChI is InChI=1S/C21H32N6O.HI/c1-3-23-21(24-10-5-7-13-25-12-6-4-8-20(25)28)26-14-9-18(2)19(16-26)27-15-11-22-17-27;/h4,6,8,11-12,15,17-19H,3,5,7,9-10,13-14,16H2,1-2H3,(H,23,24);1H. The van der Waals surface area contributed by atoms with Gasteiger partial charge in [-0.15, -0.1) is 24.0 Å². The third-order valence-corrected chi connectivity index (χ3v) is 5.43. The van der Waals surface area contributed by atoms with Gasteiger partial charge in [-0.2, -0.15) is 0 Å². The summed E-state index contributed by atoms with van der Waals surface area (Å²) in [5.41, 5.74) is 0.0623. The van der Waals surface area contributed by atoms with E-state index >= 15 is 0 Å². The molecule has 1 aliphatic heterocycles. The van der Waals surface area contributed by atoms with Crippen molar-refractivity contribution < 1.29 is 0 Å². The molecule has 0 amide bonds. The maximum atomic E-state index is 11.7. The minimum absolute atomic E-state index is 0.